The lowest BCUT2D eigenvalue weighted by Gasteiger charge is -2.12. The molecule has 0 atom stereocenters. The summed E-state index contributed by atoms with van der Waals surface area (Å²) in [4.78, 5) is 29.2. The molecule has 0 bridgehead atoms. The van der Waals surface area contributed by atoms with Gasteiger partial charge in [0.1, 0.15) is 5.75 Å². The summed E-state index contributed by atoms with van der Waals surface area (Å²) in [5.41, 5.74) is 1.19. The minimum atomic E-state index is -0.241. The van der Waals surface area contributed by atoms with Crippen LogP contribution in [0.1, 0.15) is 23.2 Å². The largest absolute Gasteiger partial charge is 0.455 e. The number of nitrogens with zero attached hydrogens (tertiary/aromatic N) is 1. The van der Waals surface area contributed by atoms with Gasteiger partial charge >= 0.3 is 0 Å². The number of amides is 1. The summed E-state index contributed by atoms with van der Waals surface area (Å²) in [6, 6.07) is 24.0. The van der Waals surface area contributed by atoms with Crippen LogP contribution in [0.4, 0.5) is 5.69 Å². The first-order chi connectivity index (χ1) is 14.7. The summed E-state index contributed by atoms with van der Waals surface area (Å²) in [5, 5.41) is 4.76. The predicted molar refractivity (Wildman–Crippen MR) is 117 cm³/mol. The molecule has 0 aliphatic rings. The fraction of sp³-hybridized carbons (Fsp3) is 0.0800. The van der Waals surface area contributed by atoms with Crippen LogP contribution in [-0.2, 0) is 4.79 Å². The number of ether oxygens (including phenoxy) is 1. The third-order valence-electron chi connectivity index (χ3n) is 4.71. The highest BCUT2D eigenvalue weighted by Gasteiger charge is 2.14. The van der Waals surface area contributed by atoms with Gasteiger partial charge in [0.25, 0.3) is 0 Å². The number of fused-ring (bicyclic) bond motifs is 1. The Labute approximate surface area is 174 Å². The molecule has 0 fully saturated rings. The van der Waals surface area contributed by atoms with Gasteiger partial charge in [-0.05, 0) is 35.0 Å². The molecular weight excluding hydrogens is 376 g/mol. The van der Waals surface area contributed by atoms with Crippen molar-refractivity contribution in [3.05, 3.63) is 96.8 Å². The molecule has 5 nitrogen and oxygen atoms in total. The van der Waals surface area contributed by atoms with Gasteiger partial charge in [0.05, 0.1) is 5.69 Å². The Hall–Kier alpha value is -3.99. The average molecular weight is 396 g/mol. The number of ketones is 1. The standard InChI is InChI=1S/C25H20N2O3/c28-23(21-9-5-7-18-6-1-2-8-20(18)21)12-13-25(29)27-22-10-3-4-11-24(22)30-19-14-16-26-17-15-19/h1-11,14-17H,12-13H2,(H,27,29). The van der Waals surface area contributed by atoms with Crippen molar-refractivity contribution in [2.45, 2.75) is 12.8 Å². The van der Waals surface area contributed by atoms with Gasteiger partial charge in [-0.2, -0.15) is 0 Å². The highest BCUT2D eigenvalue weighted by atomic mass is 16.5. The van der Waals surface area contributed by atoms with Crippen LogP contribution in [-0.4, -0.2) is 16.7 Å². The summed E-state index contributed by atoms with van der Waals surface area (Å²) >= 11 is 0. The molecule has 1 amide bonds. The maximum absolute atomic E-state index is 12.7. The number of nitrogens with one attached hydrogen (secondary N) is 1. The van der Waals surface area contributed by atoms with E-state index < -0.39 is 0 Å². The highest BCUT2D eigenvalue weighted by Crippen LogP contribution is 2.29. The van der Waals surface area contributed by atoms with Crippen molar-refractivity contribution < 1.29 is 14.3 Å². The second-order valence-electron chi connectivity index (χ2n) is 6.78. The Morgan fingerprint density at radius 2 is 1.53 bits per heavy atom. The zero-order chi connectivity index (χ0) is 20.8. The lowest BCUT2D eigenvalue weighted by Crippen LogP contribution is -2.14. The van der Waals surface area contributed by atoms with Crippen molar-refractivity contribution in [3.63, 3.8) is 0 Å². The smallest absolute Gasteiger partial charge is 0.224 e. The van der Waals surface area contributed by atoms with Crippen molar-refractivity contribution in [1.82, 2.24) is 4.98 Å². The summed E-state index contributed by atoms with van der Waals surface area (Å²) in [7, 11) is 0. The second-order valence-corrected chi connectivity index (χ2v) is 6.78. The number of carbonyl (C=O) groups is 2. The van der Waals surface area contributed by atoms with Crippen LogP contribution >= 0.6 is 0 Å². The molecule has 0 spiro atoms. The van der Waals surface area contributed by atoms with Gasteiger partial charge in [-0.25, -0.2) is 0 Å². The highest BCUT2D eigenvalue weighted by molar-refractivity contribution is 6.09. The Balaban J connectivity index is 1.41. The molecule has 0 radical (unpaired) electrons. The number of anilines is 1. The average Bonchev–Trinajstić information content (AvgIpc) is 2.79. The first-order valence-electron chi connectivity index (χ1n) is 9.68. The van der Waals surface area contributed by atoms with Crippen molar-refractivity contribution in [2.24, 2.45) is 0 Å². The van der Waals surface area contributed by atoms with E-state index in [9.17, 15) is 9.59 Å². The number of pyridine rings is 1. The van der Waals surface area contributed by atoms with E-state index in [1.807, 2.05) is 48.5 Å². The number of hydrogen-bond acceptors (Lipinski definition) is 4. The molecule has 4 aromatic rings. The number of para-hydroxylation sites is 2. The molecule has 1 N–H and O–H groups in total. The number of benzene rings is 3. The normalized spacial score (nSPS) is 10.5. The van der Waals surface area contributed by atoms with Gasteiger partial charge in [0.2, 0.25) is 5.91 Å². The van der Waals surface area contributed by atoms with Crippen LogP contribution in [0, 0.1) is 0 Å². The summed E-state index contributed by atoms with van der Waals surface area (Å²) in [5.74, 6) is 0.855. The second kappa shape index (κ2) is 9.01. The lowest BCUT2D eigenvalue weighted by molar-refractivity contribution is -0.116. The van der Waals surface area contributed by atoms with Gasteiger partial charge in [0.15, 0.2) is 11.5 Å². The molecule has 0 aliphatic heterocycles. The first-order valence-corrected chi connectivity index (χ1v) is 9.68. The van der Waals surface area contributed by atoms with Gasteiger partial charge < -0.3 is 10.1 Å². The molecule has 3 aromatic carbocycles. The van der Waals surface area contributed by atoms with Crippen molar-refractivity contribution >= 4 is 28.2 Å². The summed E-state index contributed by atoms with van der Waals surface area (Å²) in [6.45, 7) is 0. The number of carbonyl (C=O) groups excluding carboxylic acids is 2. The summed E-state index contributed by atoms with van der Waals surface area (Å²) < 4.78 is 5.83. The van der Waals surface area contributed by atoms with Crippen molar-refractivity contribution in [3.8, 4) is 11.5 Å². The third-order valence-corrected chi connectivity index (χ3v) is 4.71. The van der Waals surface area contributed by atoms with Crippen molar-refractivity contribution in [1.29, 1.82) is 0 Å². The molecule has 0 saturated carbocycles. The maximum atomic E-state index is 12.7. The Bertz CT molecular complexity index is 1180. The van der Waals surface area contributed by atoms with Gasteiger partial charge in [0, 0.05) is 30.8 Å². The third kappa shape index (κ3) is 4.52. The van der Waals surface area contributed by atoms with Crippen LogP contribution in [0.3, 0.4) is 0 Å². The van der Waals surface area contributed by atoms with Crippen LogP contribution in [0.15, 0.2) is 91.3 Å². The number of aromatic nitrogens is 1. The van der Waals surface area contributed by atoms with Crippen LogP contribution in [0.25, 0.3) is 10.8 Å². The van der Waals surface area contributed by atoms with E-state index >= 15 is 0 Å². The van der Waals surface area contributed by atoms with E-state index in [4.69, 9.17) is 4.74 Å². The predicted octanol–water partition coefficient (Wildman–Crippen LogP) is 5.63. The van der Waals surface area contributed by atoms with Gasteiger partial charge in [-0.15, -0.1) is 0 Å². The molecule has 0 aliphatic carbocycles. The van der Waals surface area contributed by atoms with Crippen LogP contribution in [0.5, 0.6) is 11.5 Å². The fourth-order valence-corrected chi connectivity index (χ4v) is 3.24. The topological polar surface area (TPSA) is 68.3 Å². The van der Waals surface area contributed by atoms with Gasteiger partial charge in [-0.1, -0.05) is 54.6 Å². The van der Waals surface area contributed by atoms with Crippen LogP contribution in [0.2, 0.25) is 0 Å². The number of hydrogen-bond donors (Lipinski definition) is 1. The Kier molecular flexibility index (Phi) is 5.80. The molecule has 0 saturated heterocycles. The SMILES string of the molecule is O=C(CCC(=O)c1cccc2ccccc12)Nc1ccccc1Oc1ccncc1. The first kappa shape index (κ1) is 19.3. The van der Waals surface area contributed by atoms with Crippen molar-refractivity contribution in [2.75, 3.05) is 5.32 Å². The van der Waals surface area contributed by atoms with E-state index in [-0.39, 0.29) is 24.5 Å². The van der Waals surface area contributed by atoms with E-state index in [1.165, 1.54) is 0 Å². The maximum Gasteiger partial charge on any atom is 0.224 e. The number of Topliss-reactive ketones (excluding diaryl/α,β-unsaturated/α-hetero) is 1. The number of rotatable bonds is 7. The lowest BCUT2D eigenvalue weighted by atomic mass is 9.99. The molecule has 148 valence electrons. The minimum Gasteiger partial charge on any atom is -0.455 e. The van der Waals surface area contributed by atoms with Crippen LogP contribution < -0.4 is 10.1 Å². The quantitative estimate of drug-likeness (QED) is 0.411. The molecule has 4 rings (SSSR count). The Morgan fingerprint density at radius 3 is 2.40 bits per heavy atom. The Morgan fingerprint density at radius 1 is 0.800 bits per heavy atom. The van der Waals surface area contributed by atoms with E-state index in [1.54, 1.807) is 42.7 Å². The molecule has 0 unspecified atom stereocenters. The monoisotopic (exact) mass is 396 g/mol. The zero-order valence-corrected chi connectivity index (χ0v) is 16.2. The van der Waals surface area contributed by atoms with Gasteiger partial charge in [-0.3, -0.25) is 14.6 Å². The van der Waals surface area contributed by atoms with E-state index in [0.29, 0.717) is 22.7 Å². The molecule has 30 heavy (non-hydrogen) atoms. The zero-order valence-electron chi connectivity index (χ0n) is 16.2. The molecule has 5 heteroatoms. The van der Waals surface area contributed by atoms with E-state index in [0.717, 1.165) is 10.8 Å². The fourth-order valence-electron chi connectivity index (χ4n) is 3.24. The summed E-state index contributed by atoms with van der Waals surface area (Å²) in [6.07, 6.45) is 3.49. The molecule has 1 heterocycles. The molecular formula is C25H20N2O3. The van der Waals surface area contributed by atoms with E-state index in [2.05, 4.69) is 10.3 Å². The molecule has 1 aromatic heterocycles. The minimum absolute atomic E-state index is 0.0525.